The first-order valence-corrected chi connectivity index (χ1v) is 7.18. The first kappa shape index (κ1) is 13.1. The number of rotatable bonds is 4. The molecular weight excluding hydrogens is 248 g/mol. The largest absolute Gasteiger partial charge is 0.354 e. The van der Waals surface area contributed by atoms with E-state index in [1.54, 1.807) is 0 Å². The second kappa shape index (κ2) is 5.25. The molecule has 0 aliphatic heterocycles. The Balaban J connectivity index is 1.62. The van der Waals surface area contributed by atoms with Gasteiger partial charge in [0, 0.05) is 12.1 Å². The Hall–Kier alpha value is -1.87. The van der Waals surface area contributed by atoms with Gasteiger partial charge < -0.3 is 11.1 Å². The maximum Gasteiger partial charge on any atom is 0.224 e. The van der Waals surface area contributed by atoms with E-state index in [0.717, 1.165) is 18.4 Å². The Morgan fingerprint density at radius 1 is 1.15 bits per heavy atom. The Morgan fingerprint density at radius 2 is 1.90 bits per heavy atom. The molecule has 1 aliphatic carbocycles. The maximum atomic E-state index is 12.0. The number of nitrogens with two attached hydrogens (primary N) is 1. The highest BCUT2D eigenvalue weighted by Crippen LogP contribution is 2.28. The molecule has 1 aliphatic rings. The number of fused-ring (bicyclic) bond motifs is 1. The molecule has 2 aromatic rings. The van der Waals surface area contributed by atoms with E-state index in [1.807, 2.05) is 18.2 Å². The van der Waals surface area contributed by atoms with Crippen molar-refractivity contribution in [1.82, 2.24) is 5.32 Å². The van der Waals surface area contributed by atoms with Crippen LogP contribution in [0.15, 0.2) is 42.5 Å². The van der Waals surface area contributed by atoms with Crippen molar-refractivity contribution < 1.29 is 4.79 Å². The smallest absolute Gasteiger partial charge is 0.224 e. The van der Waals surface area contributed by atoms with Gasteiger partial charge in [-0.25, -0.2) is 0 Å². The number of hydrogen-bond donors (Lipinski definition) is 2. The van der Waals surface area contributed by atoms with Crippen LogP contribution in [-0.2, 0) is 11.2 Å². The molecule has 0 unspecified atom stereocenters. The Morgan fingerprint density at radius 3 is 2.60 bits per heavy atom. The number of carbonyl (C=O) groups excluding carboxylic acids is 1. The van der Waals surface area contributed by atoms with Crippen molar-refractivity contribution in [2.24, 2.45) is 5.73 Å². The molecule has 20 heavy (non-hydrogen) atoms. The van der Waals surface area contributed by atoms with Crippen LogP contribution in [0.25, 0.3) is 10.8 Å². The van der Waals surface area contributed by atoms with E-state index in [-0.39, 0.29) is 11.4 Å². The highest BCUT2D eigenvalue weighted by Gasteiger charge is 2.32. The average molecular weight is 268 g/mol. The van der Waals surface area contributed by atoms with Gasteiger partial charge in [-0.1, -0.05) is 42.5 Å². The van der Waals surface area contributed by atoms with Crippen LogP contribution in [0.4, 0.5) is 0 Å². The summed E-state index contributed by atoms with van der Waals surface area (Å²) in [7, 11) is 0. The minimum atomic E-state index is -0.154. The highest BCUT2D eigenvalue weighted by molar-refractivity contribution is 5.85. The molecule has 1 amide bonds. The molecule has 3 heteroatoms. The Kier molecular flexibility index (Phi) is 3.45. The first-order chi connectivity index (χ1) is 9.65. The summed E-state index contributed by atoms with van der Waals surface area (Å²) in [4.78, 5) is 12.0. The molecule has 1 saturated carbocycles. The van der Waals surface area contributed by atoms with E-state index in [0.29, 0.717) is 13.0 Å². The van der Waals surface area contributed by atoms with Crippen molar-refractivity contribution in [1.29, 1.82) is 0 Å². The van der Waals surface area contributed by atoms with Crippen LogP contribution in [0.3, 0.4) is 0 Å². The number of amides is 1. The minimum Gasteiger partial charge on any atom is -0.354 e. The fourth-order valence-electron chi connectivity index (χ4n) is 2.68. The van der Waals surface area contributed by atoms with Gasteiger partial charge in [0.15, 0.2) is 0 Å². The number of benzene rings is 2. The van der Waals surface area contributed by atoms with Crippen molar-refractivity contribution in [2.75, 3.05) is 6.54 Å². The van der Waals surface area contributed by atoms with Crippen LogP contribution < -0.4 is 11.1 Å². The molecule has 0 heterocycles. The van der Waals surface area contributed by atoms with Gasteiger partial charge in [-0.3, -0.25) is 4.79 Å². The number of hydrogen-bond acceptors (Lipinski definition) is 2. The van der Waals surface area contributed by atoms with Crippen molar-refractivity contribution >= 4 is 16.7 Å². The maximum absolute atomic E-state index is 12.0. The van der Waals surface area contributed by atoms with Crippen LogP contribution >= 0.6 is 0 Å². The monoisotopic (exact) mass is 268 g/mol. The van der Waals surface area contributed by atoms with Crippen molar-refractivity contribution in [2.45, 2.75) is 31.2 Å². The number of nitrogens with one attached hydrogen (secondary N) is 1. The van der Waals surface area contributed by atoms with E-state index < -0.39 is 0 Å². The van der Waals surface area contributed by atoms with E-state index in [2.05, 4.69) is 29.6 Å². The van der Waals surface area contributed by atoms with E-state index in [4.69, 9.17) is 5.73 Å². The van der Waals surface area contributed by atoms with Crippen molar-refractivity contribution in [3.8, 4) is 0 Å². The lowest BCUT2D eigenvalue weighted by molar-refractivity contribution is -0.120. The summed E-state index contributed by atoms with van der Waals surface area (Å²) < 4.78 is 0. The molecule has 0 radical (unpaired) electrons. The van der Waals surface area contributed by atoms with Crippen LogP contribution in [0.5, 0.6) is 0 Å². The molecular formula is C17H20N2O. The highest BCUT2D eigenvalue weighted by atomic mass is 16.1. The van der Waals surface area contributed by atoms with Crippen molar-refractivity contribution in [3.05, 3.63) is 48.0 Å². The third kappa shape index (κ3) is 2.83. The van der Waals surface area contributed by atoms with Gasteiger partial charge in [0.05, 0.1) is 6.42 Å². The lowest BCUT2D eigenvalue weighted by Gasteiger charge is -2.38. The van der Waals surface area contributed by atoms with Crippen molar-refractivity contribution in [3.63, 3.8) is 0 Å². The second-order valence-electron chi connectivity index (χ2n) is 5.85. The fourth-order valence-corrected chi connectivity index (χ4v) is 2.68. The first-order valence-electron chi connectivity index (χ1n) is 7.18. The molecule has 3 N–H and O–H groups in total. The molecule has 2 aromatic carbocycles. The molecule has 1 fully saturated rings. The van der Waals surface area contributed by atoms with Gasteiger partial charge in [-0.05, 0) is 35.6 Å². The zero-order chi connectivity index (χ0) is 14.0. The molecule has 3 nitrogen and oxygen atoms in total. The summed E-state index contributed by atoms with van der Waals surface area (Å²) in [5.41, 5.74) is 6.99. The Labute approximate surface area is 119 Å². The predicted molar refractivity (Wildman–Crippen MR) is 81.4 cm³/mol. The molecule has 0 bridgehead atoms. The quantitative estimate of drug-likeness (QED) is 0.894. The zero-order valence-corrected chi connectivity index (χ0v) is 11.6. The second-order valence-corrected chi connectivity index (χ2v) is 5.85. The summed E-state index contributed by atoms with van der Waals surface area (Å²) in [6.45, 7) is 0.597. The summed E-state index contributed by atoms with van der Waals surface area (Å²) >= 11 is 0. The normalized spacial score (nSPS) is 16.6. The number of carbonyl (C=O) groups is 1. The molecule has 3 rings (SSSR count). The van der Waals surface area contributed by atoms with Crippen LogP contribution in [0.1, 0.15) is 24.8 Å². The summed E-state index contributed by atoms with van der Waals surface area (Å²) in [5, 5.41) is 5.33. The average Bonchev–Trinajstić information content (AvgIpc) is 2.43. The van der Waals surface area contributed by atoms with E-state index in [9.17, 15) is 4.79 Å². The summed E-state index contributed by atoms with van der Waals surface area (Å²) in [6.07, 6.45) is 3.63. The van der Waals surface area contributed by atoms with E-state index >= 15 is 0 Å². The zero-order valence-electron chi connectivity index (χ0n) is 11.6. The summed E-state index contributed by atoms with van der Waals surface area (Å²) in [6, 6.07) is 14.3. The molecule has 104 valence electrons. The lowest BCUT2D eigenvalue weighted by Crippen LogP contribution is -2.55. The van der Waals surface area contributed by atoms with Gasteiger partial charge in [0.2, 0.25) is 5.91 Å². The molecule has 0 saturated heterocycles. The minimum absolute atomic E-state index is 0.0528. The van der Waals surface area contributed by atoms with Gasteiger partial charge >= 0.3 is 0 Å². The van der Waals surface area contributed by atoms with Gasteiger partial charge in [-0.15, -0.1) is 0 Å². The standard InChI is InChI=1S/C17H20N2O/c18-17(8-3-9-17)12-19-16(20)11-13-6-7-14-4-1-2-5-15(14)10-13/h1-2,4-7,10H,3,8-9,11-12,18H2,(H,19,20). The molecule has 0 spiro atoms. The third-order valence-electron chi connectivity index (χ3n) is 4.17. The van der Waals surface area contributed by atoms with Crippen LogP contribution in [0, 0.1) is 0 Å². The van der Waals surface area contributed by atoms with Gasteiger partial charge in [0.1, 0.15) is 0 Å². The summed E-state index contributed by atoms with van der Waals surface area (Å²) in [5.74, 6) is 0.0528. The predicted octanol–water partition coefficient (Wildman–Crippen LogP) is 2.38. The molecule has 0 atom stereocenters. The SMILES string of the molecule is NC1(CNC(=O)Cc2ccc3ccccc3c2)CCC1. The van der Waals surface area contributed by atoms with Crippen LogP contribution in [-0.4, -0.2) is 18.0 Å². The van der Waals surface area contributed by atoms with Crippen LogP contribution in [0.2, 0.25) is 0 Å². The van der Waals surface area contributed by atoms with Gasteiger partial charge in [-0.2, -0.15) is 0 Å². The fraction of sp³-hybridized carbons (Fsp3) is 0.353. The third-order valence-corrected chi connectivity index (χ3v) is 4.17. The van der Waals surface area contributed by atoms with Gasteiger partial charge in [0.25, 0.3) is 0 Å². The Bertz CT molecular complexity index is 632. The topological polar surface area (TPSA) is 55.1 Å². The molecule has 0 aromatic heterocycles. The van der Waals surface area contributed by atoms with E-state index in [1.165, 1.54) is 17.2 Å². The lowest BCUT2D eigenvalue weighted by atomic mass is 9.78.